The highest BCUT2D eigenvalue weighted by Crippen LogP contribution is 1.81. The van der Waals surface area contributed by atoms with Crippen LogP contribution in [0.5, 0.6) is 0 Å². The van der Waals surface area contributed by atoms with Crippen molar-refractivity contribution < 1.29 is 20.1 Å². The summed E-state index contributed by atoms with van der Waals surface area (Å²) in [6, 6.07) is 0. The Labute approximate surface area is 73.8 Å². The van der Waals surface area contributed by atoms with Crippen LogP contribution >= 0.6 is 0 Å². The van der Waals surface area contributed by atoms with E-state index in [0.717, 1.165) is 6.42 Å². The molecule has 0 amide bonds. The highest BCUT2D eigenvalue weighted by Gasteiger charge is 1.81. The molecule has 0 aromatic carbocycles. The SMILES string of the molecule is CCC(C)O.OCCOCCO. The van der Waals surface area contributed by atoms with Crippen molar-refractivity contribution in [2.45, 2.75) is 26.4 Å². The van der Waals surface area contributed by atoms with Crippen molar-refractivity contribution in [1.82, 2.24) is 0 Å². The lowest BCUT2D eigenvalue weighted by molar-refractivity contribution is 0.0650. The summed E-state index contributed by atoms with van der Waals surface area (Å²) >= 11 is 0. The van der Waals surface area contributed by atoms with Gasteiger partial charge in [0.25, 0.3) is 0 Å². The molecular weight excluding hydrogens is 160 g/mol. The maximum absolute atomic E-state index is 8.36. The number of ether oxygens (including phenoxy) is 1. The molecule has 0 fully saturated rings. The standard InChI is InChI=1S/C4H10O3.C4H10O/c5-1-3-7-4-2-6;1-3-4(2)5/h5-6H,1-4H2;4-5H,3H2,1-2H3. The van der Waals surface area contributed by atoms with Gasteiger partial charge in [-0.05, 0) is 13.3 Å². The van der Waals surface area contributed by atoms with Gasteiger partial charge in [-0.15, -0.1) is 0 Å². The van der Waals surface area contributed by atoms with Crippen molar-refractivity contribution in [2.75, 3.05) is 26.4 Å². The van der Waals surface area contributed by atoms with Crippen LogP contribution in [0.4, 0.5) is 0 Å². The van der Waals surface area contributed by atoms with Gasteiger partial charge in [-0.3, -0.25) is 0 Å². The summed E-state index contributed by atoms with van der Waals surface area (Å²) in [6.07, 6.45) is 0.745. The molecule has 0 saturated carbocycles. The second kappa shape index (κ2) is 13.4. The van der Waals surface area contributed by atoms with E-state index in [1.54, 1.807) is 6.92 Å². The lowest BCUT2D eigenvalue weighted by Gasteiger charge is -1.94. The summed E-state index contributed by atoms with van der Waals surface area (Å²) in [5.74, 6) is 0. The molecule has 0 aliphatic rings. The van der Waals surface area contributed by atoms with Gasteiger partial charge in [-0.2, -0.15) is 0 Å². The van der Waals surface area contributed by atoms with Gasteiger partial charge >= 0.3 is 0 Å². The first kappa shape index (κ1) is 14.4. The molecule has 3 N–H and O–H groups in total. The van der Waals surface area contributed by atoms with E-state index in [1.807, 2.05) is 6.92 Å². The van der Waals surface area contributed by atoms with Gasteiger partial charge in [0.2, 0.25) is 0 Å². The maximum Gasteiger partial charge on any atom is 0.0698 e. The van der Waals surface area contributed by atoms with E-state index in [9.17, 15) is 0 Å². The lowest BCUT2D eigenvalue weighted by atomic mass is 10.3. The topological polar surface area (TPSA) is 69.9 Å². The van der Waals surface area contributed by atoms with Crippen LogP contribution in [-0.4, -0.2) is 47.9 Å². The fourth-order valence-electron chi connectivity index (χ4n) is 0.231. The summed E-state index contributed by atoms with van der Waals surface area (Å²) in [4.78, 5) is 0. The van der Waals surface area contributed by atoms with Gasteiger partial charge in [-0.25, -0.2) is 0 Å². The summed E-state index contributed by atoms with van der Waals surface area (Å²) in [7, 11) is 0. The molecule has 4 nitrogen and oxygen atoms in total. The molecule has 0 aliphatic carbocycles. The number of aliphatic hydroxyl groups excluding tert-OH is 3. The third-order valence-electron chi connectivity index (χ3n) is 1.06. The summed E-state index contributed by atoms with van der Waals surface area (Å²) in [5.41, 5.74) is 0. The van der Waals surface area contributed by atoms with E-state index >= 15 is 0 Å². The van der Waals surface area contributed by atoms with Crippen LogP contribution in [0.25, 0.3) is 0 Å². The predicted octanol–water partition coefficient (Wildman–Crippen LogP) is -0.235. The van der Waals surface area contributed by atoms with Crippen LogP contribution in [0.1, 0.15) is 20.3 Å². The summed E-state index contributed by atoms with van der Waals surface area (Å²) < 4.78 is 4.63. The van der Waals surface area contributed by atoms with E-state index in [2.05, 4.69) is 4.74 Å². The third kappa shape index (κ3) is 22.5. The average molecular weight is 180 g/mol. The van der Waals surface area contributed by atoms with Crippen LogP contribution in [0.2, 0.25) is 0 Å². The lowest BCUT2D eigenvalue weighted by Crippen LogP contribution is -2.03. The Kier molecular flexibility index (Phi) is 16.1. The molecule has 1 unspecified atom stereocenters. The Morgan fingerprint density at radius 1 is 1.17 bits per heavy atom. The van der Waals surface area contributed by atoms with Crippen molar-refractivity contribution in [3.63, 3.8) is 0 Å². The minimum atomic E-state index is -0.116. The second-order valence-electron chi connectivity index (χ2n) is 2.32. The molecule has 4 heteroatoms. The Hall–Kier alpha value is -0.160. The van der Waals surface area contributed by atoms with Crippen LogP contribution in [-0.2, 0) is 4.74 Å². The number of rotatable bonds is 5. The normalized spacial score (nSPS) is 11.8. The second-order valence-corrected chi connectivity index (χ2v) is 2.32. The number of hydrogen-bond donors (Lipinski definition) is 3. The maximum atomic E-state index is 8.36. The fraction of sp³-hybridized carbons (Fsp3) is 1.00. The quantitative estimate of drug-likeness (QED) is 0.511. The molecule has 0 spiro atoms. The van der Waals surface area contributed by atoms with E-state index in [0.29, 0.717) is 13.2 Å². The molecule has 12 heavy (non-hydrogen) atoms. The Bertz CT molecular complexity index is 62.1. The average Bonchev–Trinajstić information content (AvgIpc) is 2.07. The number of hydrogen-bond acceptors (Lipinski definition) is 4. The molecule has 0 saturated heterocycles. The van der Waals surface area contributed by atoms with Gasteiger partial charge in [0.15, 0.2) is 0 Å². The first-order chi connectivity index (χ1) is 5.68. The van der Waals surface area contributed by atoms with Crippen molar-refractivity contribution in [2.24, 2.45) is 0 Å². The van der Waals surface area contributed by atoms with E-state index in [4.69, 9.17) is 15.3 Å². The molecule has 0 radical (unpaired) electrons. The van der Waals surface area contributed by atoms with Crippen molar-refractivity contribution >= 4 is 0 Å². The molecular formula is C8H20O4. The Morgan fingerprint density at radius 2 is 1.50 bits per heavy atom. The third-order valence-corrected chi connectivity index (χ3v) is 1.06. The molecule has 0 aromatic rings. The predicted molar refractivity (Wildman–Crippen MR) is 47.0 cm³/mol. The molecule has 0 rings (SSSR count). The van der Waals surface area contributed by atoms with Gasteiger partial charge in [0.1, 0.15) is 0 Å². The van der Waals surface area contributed by atoms with Crippen molar-refractivity contribution in [1.29, 1.82) is 0 Å². The first-order valence-electron chi connectivity index (χ1n) is 4.16. The van der Waals surface area contributed by atoms with Crippen LogP contribution in [0, 0.1) is 0 Å². The van der Waals surface area contributed by atoms with Gasteiger partial charge in [0, 0.05) is 0 Å². The Balaban J connectivity index is 0. The first-order valence-corrected chi connectivity index (χ1v) is 4.16. The van der Waals surface area contributed by atoms with Crippen LogP contribution < -0.4 is 0 Å². The zero-order chi connectivity index (χ0) is 9.82. The zero-order valence-electron chi connectivity index (χ0n) is 7.86. The monoisotopic (exact) mass is 180 g/mol. The van der Waals surface area contributed by atoms with Gasteiger partial charge in [0.05, 0.1) is 32.5 Å². The van der Waals surface area contributed by atoms with Crippen molar-refractivity contribution in [3.8, 4) is 0 Å². The molecule has 1 atom stereocenters. The molecule has 0 aromatic heterocycles. The highest BCUT2D eigenvalue weighted by atomic mass is 16.5. The molecule has 76 valence electrons. The Morgan fingerprint density at radius 3 is 1.67 bits per heavy atom. The van der Waals surface area contributed by atoms with Crippen LogP contribution in [0.3, 0.4) is 0 Å². The van der Waals surface area contributed by atoms with E-state index in [-0.39, 0.29) is 19.3 Å². The number of aliphatic hydroxyl groups is 3. The van der Waals surface area contributed by atoms with E-state index < -0.39 is 0 Å². The smallest absolute Gasteiger partial charge is 0.0698 e. The minimum Gasteiger partial charge on any atom is -0.394 e. The fourth-order valence-corrected chi connectivity index (χ4v) is 0.231. The zero-order valence-corrected chi connectivity index (χ0v) is 7.86. The molecule has 0 heterocycles. The highest BCUT2D eigenvalue weighted by molar-refractivity contribution is 4.34. The van der Waals surface area contributed by atoms with E-state index in [1.165, 1.54) is 0 Å². The largest absolute Gasteiger partial charge is 0.394 e. The van der Waals surface area contributed by atoms with Gasteiger partial charge < -0.3 is 20.1 Å². The minimum absolute atomic E-state index is 0.0278. The molecule has 0 bridgehead atoms. The summed E-state index contributed by atoms with van der Waals surface area (Å²) in [5, 5.41) is 24.5. The van der Waals surface area contributed by atoms with Crippen LogP contribution in [0.15, 0.2) is 0 Å². The summed E-state index contributed by atoms with van der Waals surface area (Å²) in [6.45, 7) is 4.42. The van der Waals surface area contributed by atoms with Crippen molar-refractivity contribution in [3.05, 3.63) is 0 Å². The molecule has 0 aliphatic heterocycles. The van der Waals surface area contributed by atoms with Gasteiger partial charge in [-0.1, -0.05) is 6.92 Å².